The molecule has 0 bridgehead atoms. The molecule has 1 heterocycles. The van der Waals surface area contributed by atoms with E-state index in [-0.39, 0.29) is 23.3 Å². The number of amides is 2. The molecule has 37 heavy (non-hydrogen) atoms. The molecular formula is C27H25F3N4O2S. The lowest BCUT2D eigenvalue weighted by Crippen LogP contribution is -2.20. The Hall–Kier alpha value is -4.05. The smallest absolute Gasteiger partial charge is 0.446 e. The highest BCUT2D eigenvalue weighted by atomic mass is 32.2. The molecule has 0 aliphatic heterocycles. The molecular weight excluding hydrogens is 501 g/mol. The van der Waals surface area contributed by atoms with Crippen LogP contribution in [0, 0.1) is 0 Å². The zero-order valence-corrected chi connectivity index (χ0v) is 20.7. The first-order valence-corrected chi connectivity index (χ1v) is 12.1. The highest BCUT2D eigenvalue weighted by molar-refractivity contribution is 8.00. The van der Waals surface area contributed by atoms with E-state index in [0.29, 0.717) is 23.7 Å². The normalized spacial score (nSPS) is 11.2. The maximum absolute atomic E-state index is 12.6. The molecule has 0 atom stereocenters. The molecule has 0 saturated heterocycles. The van der Waals surface area contributed by atoms with Crippen molar-refractivity contribution in [3.63, 3.8) is 0 Å². The van der Waals surface area contributed by atoms with Gasteiger partial charge in [-0.2, -0.15) is 13.2 Å². The second kappa shape index (κ2) is 11.3. The van der Waals surface area contributed by atoms with Crippen molar-refractivity contribution in [2.45, 2.75) is 16.9 Å². The van der Waals surface area contributed by atoms with E-state index in [9.17, 15) is 18.0 Å². The minimum absolute atomic E-state index is 0.135. The van der Waals surface area contributed by atoms with Crippen molar-refractivity contribution in [2.24, 2.45) is 0 Å². The number of H-pyrrole nitrogens is 1. The average Bonchev–Trinajstić information content (AvgIpc) is 3.31. The Balaban J connectivity index is 1.44. The fourth-order valence-corrected chi connectivity index (χ4v) is 4.29. The number of ether oxygens (including phenoxy) is 1. The summed E-state index contributed by atoms with van der Waals surface area (Å²) >= 11 is -0.140. The number of nitrogens with zero attached hydrogens (tertiary/aromatic N) is 1. The highest BCUT2D eigenvalue weighted by Crippen LogP contribution is 2.37. The fraction of sp³-hybridized carbons (Fsp3) is 0.148. The molecule has 0 saturated carbocycles. The summed E-state index contributed by atoms with van der Waals surface area (Å²) in [5.41, 5.74) is -0.644. The number of rotatable bonds is 9. The molecule has 0 aliphatic rings. The number of carbonyl (C=O) groups excluding carboxylic acids is 1. The maximum atomic E-state index is 12.6. The number of alkyl halides is 3. The second-order valence-electron chi connectivity index (χ2n) is 8.19. The van der Waals surface area contributed by atoms with Crippen LogP contribution in [0.2, 0.25) is 0 Å². The topological polar surface area (TPSA) is 69.4 Å². The first-order valence-electron chi connectivity index (χ1n) is 11.3. The number of anilines is 3. The number of fused-ring (bicyclic) bond motifs is 1. The van der Waals surface area contributed by atoms with E-state index < -0.39 is 11.5 Å². The van der Waals surface area contributed by atoms with Gasteiger partial charge in [-0.05, 0) is 65.2 Å². The van der Waals surface area contributed by atoms with Crippen LogP contribution in [0.4, 0.5) is 35.0 Å². The van der Waals surface area contributed by atoms with Crippen molar-refractivity contribution in [2.75, 3.05) is 29.2 Å². The minimum Gasteiger partial charge on any atom is -0.487 e. The number of hydrogen-bond donors (Lipinski definition) is 3. The summed E-state index contributed by atoms with van der Waals surface area (Å²) in [6.07, 6.45) is 3.45. The van der Waals surface area contributed by atoms with E-state index in [0.717, 1.165) is 22.2 Å². The van der Waals surface area contributed by atoms with Gasteiger partial charge in [0, 0.05) is 47.6 Å². The van der Waals surface area contributed by atoms with Gasteiger partial charge in [-0.25, -0.2) is 4.79 Å². The Kier molecular flexibility index (Phi) is 7.98. The van der Waals surface area contributed by atoms with Gasteiger partial charge in [0.1, 0.15) is 12.4 Å². The number of halogens is 3. The number of thioether (sulfide) groups is 1. The quantitative estimate of drug-likeness (QED) is 0.155. The fourth-order valence-electron chi connectivity index (χ4n) is 3.75. The van der Waals surface area contributed by atoms with Crippen LogP contribution in [0.5, 0.6) is 5.75 Å². The molecule has 0 fully saturated rings. The van der Waals surface area contributed by atoms with Crippen LogP contribution in [-0.4, -0.2) is 30.2 Å². The second-order valence-corrected chi connectivity index (χ2v) is 9.33. The van der Waals surface area contributed by atoms with Gasteiger partial charge < -0.3 is 25.3 Å². The third-order valence-corrected chi connectivity index (χ3v) is 6.11. The third-order valence-electron chi connectivity index (χ3n) is 5.38. The van der Waals surface area contributed by atoms with E-state index in [2.05, 4.69) is 22.2 Å². The molecule has 4 aromatic rings. The van der Waals surface area contributed by atoms with Gasteiger partial charge in [0.2, 0.25) is 0 Å². The van der Waals surface area contributed by atoms with E-state index in [1.807, 2.05) is 48.5 Å². The largest absolute Gasteiger partial charge is 0.487 e. The maximum Gasteiger partial charge on any atom is 0.446 e. The van der Waals surface area contributed by atoms with Crippen molar-refractivity contribution >= 4 is 45.8 Å². The standard InChI is InChI=1S/C27H25F3N4O2S/c1-3-14-36-25-16-21(33-26(35)32-20-7-6-19-12-13-31-23(19)15-20)8-11-24(25)34(2)17-18-4-9-22(10-5-18)37-27(28,29)30/h3-13,15-16,31H,1,14,17H2,2H3,(H2,32,33,35). The monoisotopic (exact) mass is 526 g/mol. The molecule has 0 unspecified atom stereocenters. The zero-order chi connectivity index (χ0) is 26.4. The van der Waals surface area contributed by atoms with E-state index in [1.54, 1.807) is 30.3 Å². The number of hydrogen-bond acceptors (Lipinski definition) is 4. The number of aromatic nitrogens is 1. The molecule has 3 N–H and O–H groups in total. The summed E-state index contributed by atoms with van der Waals surface area (Å²) in [6, 6.07) is 18.6. The van der Waals surface area contributed by atoms with Crippen LogP contribution in [0.1, 0.15) is 5.56 Å². The Bertz CT molecular complexity index is 1390. The summed E-state index contributed by atoms with van der Waals surface area (Å²) in [7, 11) is 1.85. The summed E-state index contributed by atoms with van der Waals surface area (Å²) in [4.78, 5) is 17.7. The molecule has 3 aromatic carbocycles. The lowest BCUT2D eigenvalue weighted by atomic mass is 10.2. The average molecular weight is 527 g/mol. The van der Waals surface area contributed by atoms with Crippen molar-refractivity contribution in [3.8, 4) is 5.75 Å². The van der Waals surface area contributed by atoms with Gasteiger partial charge in [0.15, 0.2) is 0 Å². The molecule has 10 heteroatoms. The van der Waals surface area contributed by atoms with Gasteiger partial charge in [0.05, 0.1) is 5.69 Å². The van der Waals surface area contributed by atoms with Gasteiger partial charge in [0.25, 0.3) is 0 Å². The van der Waals surface area contributed by atoms with Crippen LogP contribution in [0.15, 0.2) is 90.5 Å². The predicted octanol–water partition coefficient (Wildman–Crippen LogP) is 7.63. The van der Waals surface area contributed by atoms with Crippen LogP contribution in [0.3, 0.4) is 0 Å². The molecule has 2 amide bonds. The Morgan fingerprint density at radius 2 is 1.76 bits per heavy atom. The lowest BCUT2D eigenvalue weighted by molar-refractivity contribution is -0.0328. The molecule has 0 spiro atoms. The van der Waals surface area contributed by atoms with Crippen molar-refractivity contribution < 1.29 is 22.7 Å². The summed E-state index contributed by atoms with van der Waals surface area (Å²) in [5.74, 6) is 0.525. The van der Waals surface area contributed by atoms with Gasteiger partial charge in [-0.1, -0.05) is 30.9 Å². The van der Waals surface area contributed by atoms with Crippen molar-refractivity contribution in [3.05, 3.63) is 91.1 Å². The number of urea groups is 1. The summed E-state index contributed by atoms with van der Waals surface area (Å²) in [5, 5.41) is 6.67. The SMILES string of the molecule is C=CCOc1cc(NC(=O)Nc2ccc3cc[nH]c3c2)ccc1N(C)Cc1ccc(SC(F)(F)F)cc1. The van der Waals surface area contributed by atoms with Crippen LogP contribution in [-0.2, 0) is 6.54 Å². The third kappa shape index (κ3) is 7.23. The first-order chi connectivity index (χ1) is 17.7. The molecule has 192 valence electrons. The number of carbonyl (C=O) groups is 1. The van der Waals surface area contributed by atoms with E-state index in [1.165, 1.54) is 12.1 Å². The Morgan fingerprint density at radius 1 is 1.05 bits per heavy atom. The number of aromatic amines is 1. The number of benzene rings is 3. The first kappa shape index (κ1) is 26.0. The Morgan fingerprint density at radius 3 is 2.46 bits per heavy atom. The van der Waals surface area contributed by atoms with Gasteiger partial charge in [-0.3, -0.25) is 0 Å². The zero-order valence-electron chi connectivity index (χ0n) is 19.9. The lowest BCUT2D eigenvalue weighted by Gasteiger charge is -2.23. The molecule has 0 aliphatic carbocycles. The molecule has 1 aromatic heterocycles. The van der Waals surface area contributed by atoms with E-state index in [4.69, 9.17) is 4.74 Å². The van der Waals surface area contributed by atoms with Crippen LogP contribution >= 0.6 is 11.8 Å². The molecule has 6 nitrogen and oxygen atoms in total. The minimum atomic E-state index is -4.32. The van der Waals surface area contributed by atoms with Gasteiger partial charge in [-0.15, -0.1) is 0 Å². The van der Waals surface area contributed by atoms with Crippen molar-refractivity contribution in [1.29, 1.82) is 0 Å². The summed E-state index contributed by atoms with van der Waals surface area (Å²) in [6.45, 7) is 4.38. The van der Waals surface area contributed by atoms with Gasteiger partial charge >= 0.3 is 11.5 Å². The van der Waals surface area contributed by atoms with E-state index >= 15 is 0 Å². The summed E-state index contributed by atoms with van der Waals surface area (Å²) < 4.78 is 43.6. The van der Waals surface area contributed by atoms with Crippen LogP contribution < -0.4 is 20.3 Å². The molecule has 4 rings (SSSR count). The Labute approximate surface area is 216 Å². The van der Waals surface area contributed by atoms with Crippen LogP contribution in [0.25, 0.3) is 10.9 Å². The molecule has 0 radical (unpaired) electrons. The van der Waals surface area contributed by atoms with Crippen molar-refractivity contribution in [1.82, 2.24) is 4.98 Å². The number of nitrogens with one attached hydrogen (secondary N) is 3. The predicted molar refractivity (Wildman–Crippen MR) is 144 cm³/mol. The highest BCUT2D eigenvalue weighted by Gasteiger charge is 2.29.